The van der Waals surface area contributed by atoms with Crippen LogP contribution in [0.15, 0.2) is 23.9 Å². The molecule has 1 aliphatic carbocycles. The monoisotopic (exact) mass is 296 g/mol. The number of rotatable bonds is 2. The van der Waals surface area contributed by atoms with E-state index in [2.05, 4.69) is 5.32 Å². The van der Waals surface area contributed by atoms with Crippen molar-refractivity contribution in [2.24, 2.45) is 0 Å². The molecule has 0 radical (unpaired) electrons. The molecule has 2 aliphatic rings. The Hall–Kier alpha value is -1.46. The second-order valence-electron chi connectivity index (χ2n) is 4.53. The van der Waals surface area contributed by atoms with Crippen LogP contribution in [-0.2, 0) is 4.79 Å². The summed E-state index contributed by atoms with van der Waals surface area (Å²) >= 11 is 11.1. The number of hydrogen-bond donors (Lipinski definition) is 1. The average molecular weight is 297 g/mol. The van der Waals surface area contributed by atoms with Gasteiger partial charge in [-0.3, -0.25) is 9.69 Å². The largest absolute Gasteiger partial charge is 0.328 e. The minimum absolute atomic E-state index is 0.189. The van der Waals surface area contributed by atoms with Gasteiger partial charge < -0.3 is 5.32 Å². The fraction of sp³-hybridized carbons (Fsp3) is 0.231. The van der Waals surface area contributed by atoms with Crippen molar-refractivity contribution in [2.45, 2.75) is 18.9 Å². The van der Waals surface area contributed by atoms with Gasteiger partial charge in [-0.15, -0.1) is 0 Å². The number of nitrogens with one attached hydrogen (secondary N) is 1. The number of carbonyl (C=O) groups excluding carboxylic acids is 1. The highest BCUT2D eigenvalue weighted by Gasteiger charge is 2.41. The zero-order valence-corrected chi connectivity index (χ0v) is 11.4. The molecule has 0 atom stereocenters. The fourth-order valence-electron chi connectivity index (χ4n) is 2.01. The second kappa shape index (κ2) is 4.58. The molecule has 1 N–H and O–H groups in total. The average Bonchev–Trinajstić information content (AvgIpc) is 3.13. The van der Waals surface area contributed by atoms with Crippen LogP contribution in [0.5, 0.6) is 0 Å². The van der Waals surface area contributed by atoms with E-state index in [9.17, 15) is 9.18 Å². The van der Waals surface area contributed by atoms with Gasteiger partial charge >= 0.3 is 0 Å². The van der Waals surface area contributed by atoms with Crippen LogP contribution >= 0.6 is 23.8 Å². The molecule has 1 aromatic rings. The molecule has 3 rings (SSSR count). The highest BCUT2D eigenvalue weighted by molar-refractivity contribution is 7.80. The third kappa shape index (κ3) is 2.24. The van der Waals surface area contributed by atoms with Gasteiger partial charge in [0, 0.05) is 11.6 Å². The molecule has 1 amide bonds. The van der Waals surface area contributed by atoms with Crippen molar-refractivity contribution in [3.05, 3.63) is 40.3 Å². The number of hydrogen-bond acceptors (Lipinski definition) is 2. The molecule has 0 unspecified atom stereocenters. The third-order valence-electron chi connectivity index (χ3n) is 3.11. The van der Waals surface area contributed by atoms with E-state index in [1.807, 2.05) is 0 Å². The molecule has 0 spiro atoms. The summed E-state index contributed by atoms with van der Waals surface area (Å²) in [5.41, 5.74) is 0.462. The molecule has 0 aromatic heterocycles. The molecule has 3 nitrogen and oxygen atoms in total. The minimum Gasteiger partial charge on any atom is -0.328 e. The molecule has 2 fully saturated rings. The van der Waals surface area contributed by atoms with Crippen molar-refractivity contribution >= 4 is 40.9 Å². The third-order valence-corrected chi connectivity index (χ3v) is 3.74. The van der Waals surface area contributed by atoms with Crippen molar-refractivity contribution in [1.82, 2.24) is 10.2 Å². The number of thiocarbonyl (C=S) groups is 1. The zero-order valence-electron chi connectivity index (χ0n) is 9.82. The number of carbonyl (C=O) groups is 1. The van der Waals surface area contributed by atoms with Crippen LogP contribution < -0.4 is 5.32 Å². The summed E-state index contributed by atoms with van der Waals surface area (Å²) in [5, 5.41) is 3.46. The Morgan fingerprint density at radius 1 is 1.47 bits per heavy atom. The lowest BCUT2D eigenvalue weighted by Crippen LogP contribution is -2.32. The number of nitrogens with zero attached hydrogens (tertiary/aromatic N) is 1. The molecule has 1 saturated heterocycles. The van der Waals surface area contributed by atoms with Crippen molar-refractivity contribution in [2.75, 3.05) is 0 Å². The predicted molar refractivity (Wildman–Crippen MR) is 75.0 cm³/mol. The molecule has 1 heterocycles. The number of amides is 1. The topological polar surface area (TPSA) is 32.3 Å². The van der Waals surface area contributed by atoms with Gasteiger partial charge in [-0.25, -0.2) is 4.39 Å². The Morgan fingerprint density at radius 3 is 2.84 bits per heavy atom. The number of benzene rings is 1. The first kappa shape index (κ1) is 12.6. The Bertz CT molecular complexity index is 592. The maximum absolute atomic E-state index is 13.7. The maximum atomic E-state index is 13.7. The van der Waals surface area contributed by atoms with E-state index in [1.165, 1.54) is 18.2 Å². The quantitative estimate of drug-likeness (QED) is 0.673. The van der Waals surface area contributed by atoms with Gasteiger partial charge in [0.05, 0.1) is 5.02 Å². The van der Waals surface area contributed by atoms with Gasteiger partial charge in [-0.05, 0) is 43.3 Å². The van der Waals surface area contributed by atoms with Crippen LogP contribution in [0.2, 0.25) is 5.02 Å². The molecule has 6 heteroatoms. The van der Waals surface area contributed by atoms with E-state index in [-0.39, 0.29) is 28.2 Å². The van der Waals surface area contributed by atoms with Crippen LogP contribution in [0, 0.1) is 5.82 Å². The lowest BCUT2D eigenvalue weighted by molar-refractivity contribution is -0.122. The smallest absolute Gasteiger partial charge is 0.276 e. The van der Waals surface area contributed by atoms with Crippen molar-refractivity contribution in [3.63, 3.8) is 0 Å². The summed E-state index contributed by atoms with van der Waals surface area (Å²) in [4.78, 5) is 13.7. The number of halogens is 2. The minimum atomic E-state index is -0.467. The van der Waals surface area contributed by atoms with Crippen molar-refractivity contribution in [3.8, 4) is 0 Å². The first-order valence-corrected chi connectivity index (χ1v) is 6.67. The highest BCUT2D eigenvalue weighted by atomic mass is 35.5. The van der Waals surface area contributed by atoms with Gasteiger partial charge in [-0.1, -0.05) is 17.7 Å². The molecular formula is C13H10ClFN2OS. The molecule has 1 aliphatic heterocycles. The molecule has 1 saturated carbocycles. The van der Waals surface area contributed by atoms with Crippen LogP contribution in [0.4, 0.5) is 4.39 Å². The first-order chi connectivity index (χ1) is 9.08. The van der Waals surface area contributed by atoms with E-state index in [4.69, 9.17) is 23.8 Å². The first-order valence-electron chi connectivity index (χ1n) is 5.88. The Morgan fingerprint density at radius 2 is 2.21 bits per heavy atom. The van der Waals surface area contributed by atoms with Crippen LogP contribution in [0.1, 0.15) is 18.4 Å². The van der Waals surface area contributed by atoms with Crippen LogP contribution in [0.3, 0.4) is 0 Å². The van der Waals surface area contributed by atoms with Crippen LogP contribution in [0.25, 0.3) is 6.08 Å². The molecule has 0 bridgehead atoms. The molecule has 19 heavy (non-hydrogen) atoms. The van der Waals surface area contributed by atoms with Crippen LogP contribution in [-0.4, -0.2) is 22.0 Å². The van der Waals surface area contributed by atoms with Gasteiger partial charge in [0.15, 0.2) is 5.11 Å². The Balaban J connectivity index is 1.96. The van der Waals surface area contributed by atoms with E-state index in [0.717, 1.165) is 12.8 Å². The lowest BCUT2D eigenvalue weighted by atomic mass is 10.1. The Kier molecular flexibility index (Phi) is 3.03. The van der Waals surface area contributed by atoms with E-state index in [0.29, 0.717) is 5.11 Å². The fourth-order valence-corrected chi connectivity index (χ4v) is 2.57. The standard InChI is InChI=1S/C13H10ClFN2OS/c14-9-2-1-3-10(15)8(9)6-11-12(18)17(7-4-5-7)13(19)16-11/h1-3,6-7H,4-5H2,(H,16,19)/b11-6+. The second-order valence-corrected chi connectivity index (χ2v) is 5.32. The lowest BCUT2D eigenvalue weighted by Gasteiger charge is -2.11. The summed E-state index contributed by atoms with van der Waals surface area (Å²) in [7, 11) is 0. The van der Waals surface area contributed by atoms with Gasteiger partial charge in [0.25, 0.3) is 5.91 Å². The summed E-state index contributed by atoms with van der Waals surface area (Å²) in [5.74, 6) is -0.683. The normalized spacial score (nSPS) is 21.2. The summed E-state index contributed by atoms with van der Waals surface area (Å²) in [6.45, 7) is 0. The molecular weight excluding hydrogens is 287 g/mol. The van der Waals surface area contributed by atoms with E-state index in [1.54, 1.807) is 11.0 Å². The maximum Gasteiger partial charge on any atom is 0.276 e. The van der Waals surface area contributed by atoms with Gasteiger partial charge in [0.1, 0.15) is 11.5 Å². The van der Waals surface area contributed by atoms with E-state index >= 15 is 0 Å². The molecule has 1 aromatic carbocycles. The van der Waals surface area contributed by atoms with E-state index < -0.39 is 5.82 Å². The summed E-state index contributed by atoms with van der Waals surface area (Å²) in [6, 6.07) is 4.59. The summed E-state index contributed by atoms with van der Waals surface area (Å²) < 4.78 is 13.7. The Labute approximate surface area is 120 Å². The SMILES string of the molecule is O=C1/C(=C\c2c(F)cccc2Cl)NC(=S)N1C1CC1. The highest BCUT2D eigenvalue weighted by Crippen LogP contribution is 2.31. The van der Waals surface area contributed by atoms with Gasteiger partial charge in [0.2, 0.25) is 0 Å². The van der Waals surface area contributed by atoms with Crippen molar-refractivity contribution < 1.29 is 9.18 Å². The van der Waals surface area contributed by atoms with Gasteiger partial charge in [-0.2, -0.15) is 0 Å². The molecule has 98 valence electrons. The van der Waals surface area contributed by atoms with Crippen molar-refractivity contribution in [1.29, 1.82) is 0 Å². The predicted octanol–water partition coefficient (Wildman–Crippen LogP) is 2.70. The summed E-state index contributed by atoms with van der Waals surface area (Å²) in [6.07, 6.45) is 3.33. The zero-order chi connectivity index (χ0) is 13.6.